The number of aromatic nitrogens is 1. The monoisotopic (exact) mass is 489 g/mol. The van der Waals surface area contributed by atoms with Gasteiger partial charge in [-0.15, -0.1) is 0 Å². The van der Waals surface area contributed by atoms with E-state index in [-0.39, 0.29) is 16.9 Å². The summed E-state index contributed by atoms with van der Waals surface area (Å²) in [6, 6.07) is 15.2. The minimum Gasteiger partial charge on any atom is -0.388 e. The Morgan fingerprint density at radius 1 is 1.06 bits per heavy atom. The van der Waals surface area contributed by atoms with Gasteiger partial charge in [0.2, 0.25) is 0 Å². The number of carbonyl (C=O) groups excluding carboxylic acids is 1. The SMILES string of the molecule is CCC(O)(CC)[C@@H](Cc1ccccn1)NC(=O)c1cccc(F)c1C1=NCC(c2ccc(F)cc2)=C1. The fourth-order valence-electron chi connectivity index (χ4n) is 4.47. The minimum absolute atomic E-state index is 0.0974. The minimum atomic E-state index is -1.17. The molecule has 0 unspecified atom stereocenters. The second kappa shape index (κ2) is 10.9. The Labute approximate surface area is 209 Å². The summed E-state index contributed by atoms with van der Waals surface area (Å²) in [7, 11) is 0. The van der Waals surface area contributed by atoms with Crippen LogP contribution in [0.3, 0.4) is 0 Å². The molecular formula is C29H29F2N3O2. The zero-order valence-electron chi connectivity index (χ0n) is 20.3. The van der Waals surface area contributed by atoms with Crippen LogP contribution in [-0.4, -0.2) is 39.9 Å². The highest BCUT2D eigenvalue weighted by Crippen LogP contribution is 2.27. The molecule has 4 rings (SSSR count). The van der Waals surface area contributed by atoms with Crippen LogP contribution in [0.1, 0.15) is 53.9 Å². The fourth-order valence-corrected chi connectivity index (χ4v) is 4.47. The highest BCUT2D eigenvalue weighted by atomic mass is 19.1. The van der Waals surface area contributed by atoms with Gasteiger partial charge >= 0.3 is 0 Å². The summed E-state index contributed by atoms with van der Waals surface area (Å²) in [4.78, 5) is 22.3. The third-order valence-corrected chi connectivity index (χ3v) is 6.78. The van der Waals surface area contributed by atoms with Crippen molar-refractivity contribution in [2.24, 2.45) is 4.99 Å². The summed E-state index contributed by atoms with van der Waals surface area (Å²) < 4.78 is 28.4. The molecule has 2 heterocycles. The van der Waals surface area contributed by atoms with Crippen LogP contribution < -0.4 is 5.32 Å². The van der Waals surface area contributed by atoms with Crippen LogP contribution in [0.5, 0.6) is 0 Å². The number of carbonyl (C=O) groups is 1. The molecule has 7 heteroatoms. The largest absolute Gasteiger partial charge is 0.388 e. The molecule has 1 aliphatic heterocycles. The number of aliphatic imine (C=N–C) groups is 1. The van der Waals surface area contributed by atoms with Gasteiger partial charge in [-0.2, -0.15) is 0 Å². The predicted octanol–water partition coefficient (Wildman–Crippen LogP) is 5.14. The van der Waals surface area contributed by atoms with Gasteiger partial charge in [0.1, 0.15) is 11.6 Å². The van der Waals surface area contributed by atoms with Gasteiger partial charge in [-0.1, -0.05) is 38.1 Å². The predicted molar refractivity (Wildman–Crippen MR) is 137 cm³/mol. The molecule has 1 aliphatic rings. The maximum atomic E-state index is 15.1. The third-order valence-electron chi connectivity index (χ3n) is 6.78. The van der Waals surface area contributed by atoms with Crippen molar-refractivity contribution in [2.45, 2.75) is 44.8 Å². The Balaban J connectivity index is 1.65. The van der Waals surface area contributed by atoms with Gasteiger partial charge in [-0.25, -0.2) is 8.78 Å². The lowest BCUT2D eigenvalue weighted by Crippen LogP contribution is -2.53. The number of halogens is 2. The molecule has 2 aromatic carbocycles. The summed E-state index contributed by atoms with van der Waals surface area (Å²) in [5, 5.41) is 14.2. The van der Waals surface area contributed by atoms with E-state index in [4.69, 9.17) is 0 Å². The van der Waals surface area contributed by atoms with Crippen molar-refractivity contribution < 1.29 is 18.7 Å². The second-order valence-corrected chi connectivity index (χ2v) is 8.90. The van der Waals surface area contributed by atoms with Gasteiger partial charge in [0.25, 0.3) is 5.91 Å². The molecular weight excluding hydrogens is 460 g/mol. The van der Waals surface area contributed by atoms with Gasteiger partial charge in [0.15, 0.2) is 0 Å². The van der Waals surface area contributed by atoms with E-state index < -0.39 is 23.4 Å². The average Bonchev–Trinajstić information content (AvgIpc) is 3.38. The Morgan fingerprint density at radius 3 is 2.47 bits per heavy atom. The van der Waals surface area contributed by atoms with Gasteiger partial charge in [0.05, 0.1) is 29.5 Å². The van der Waals surface area contributed by atoms with E-state index in [1.54, 1.807) is 36.5 Å². The summed E-state index contributed by atoms with van der Waals surface area (Å²) in [6.07, 6.45) is 4.56. The molecule has 3 aromatic rings. The number of hydrogen-bond acceptors (Lipinski definition) is 4. The van der Waals surface area contributed by atoms with E-state index in [1.807, 2.05) is 26.0 Å². The van der Waals surface area contributed by atoms with Crippen LogP contribution in [0.15, 0.2) is 77.9 Å². The van der Waals surface area contributed by atoms with Crippen LogP contribution in [0.2, 0.25) is 0 Å². The van der Waals surface area contributed by atoms with E-state index in [9.17, 15) is 14.3 Å². The Morgan fingerprint density at radius 2 is 1.81 bits per heavy atom. The Bertz CT molecular complexity index is 1280. The molecule has 186 valence electrons. The Hall–Kier alpha value is -3.71. The molecule has 0 bridgehead atoms. The summed E-state index contributed by atoms with van der Waals surface area (Å²) >= 11 is 0. The highest BCUT2D eigenvalue weighted by molar-refractivity contribution is 6.19. The molecule has 1 atom stereocenters. The van der Waals surface area contributed by atoms with Crippen molar-refractivity contribution in [3.8, 4) is 0 Å². The van der Waals surface area contributed by atoms with E-state index in [2.05, 4.69) is 15.3 Å². The molecule has 0 aliphatic carbocycles. The maximum Gasteiger partial charge on any atom is 0.252 e. The lowest BCUT2D eigenvalue weighted by Gasteiger charge is -2.35. The standard InChI is InChI=1S/C29H29F2N3O2/c1-3-29(36,4-2)26(17-22-8-5-6-15-32-22)34-28(35)23-9-7-10-24(31)27(23)25-16-20(18-33-25)19-11-13-21(30)14-12-19/h5-16,26,36H,3-4,17-18H2,1-2H3,(H,34,35)/t26-/m1/s1. The molecule has 1 aromatic heterocycles. The lowest BCUT2D eigenvalue weighted by atomic mass is 9.85. The first-order valence-electron chi connectivity index (χ1n) is 12.1. The lowest BCUT2D eigenvalue weighted by molar-refractivity contribution is -0.00518. The van der Waals surface area contributed by atoms with Gasteiger partial charge < -0.3 is 10.4 Å². The van der Waals surface area contributed by atoms with Crippen molar-refractivity contribution >= 4 is 17.2 Å². The molecule has 36 heavy (non-hydrogen) atoms. The van der Waals surface area contributed by atoms with Crippen molar-refractivity contribution in [3.63, 3.8) is 0 Å². The van der Waals surface area contributed by atoms with Crippen molar-refractivity contribution in [1.29, 1.82) is 0 Å². The topological polar surface area (TPSA) is 74.6 Å². The highest BCUT2D eigenvalue weighted by Gasteiger charge is 2.36. The molecule has 0 radical (unpaired) electrons. The molecule has 0 saturated heterocycles. The smallest absolute Gasteiger partial charge is 0.252 e. The van der Waals surface area contributed by atoms with E-state index >= 15 is 4.39 Å². The number of nitrogens with zero attached hydrogens (tertiary/aromatic N) is 2. The van der Waals surface area contributed by atoms with Crippen molar-refractivity contribution in [3.05, 3.63) is 107 Å². The van der Waals surface area contributed by atoms with Crippen LogP contribution in [-0.2, 0) is 6.42 Å². The fraction of sp³-hybridized carbons (Fsp3) is 0.276. The number of amides is 1. The van der Waals surface area contributed by atoms with Crippen molar-refractivity contribution in [2.75, 3.05) is 6.54 Å². The quantitative estimate of drug-likeness (QED) is 0.437. The number of nitrogens with one attached hydrogen (secondary N) is 1. The number of benzene rings is 2. The zero-order valence-corrected chi connectivity index (χ0v) is 20.3. The second-order valence-electron chi connectivity index (χ2n) is 8.90. The van der Waals surface area contributed by atoms with Gasteiger partial charge in [0, 0.05) is 23.9 Å². The maximum absolute atomic E-state index is 15.1. The molecule has 2 N–H and O–H groups in total. The Kier molecular flexibility index (Phi) is 7.70. The van der Waals surface area contributed by atoms with Crippen LogP contribution in [0.25, 0.3) is 5.57 Å². The van der Waals surface area contributed by atoms with Crippen molar-refractivity contribution in [1.82, 2.24) is 10.3 Å². The summed E-state index contributed by atoms with van der Waals surface area (Å²) in [6.45, 7) is 4.03. The first-order chi connectivity index (χ1) is 17.3. The van der Waals surface area contributed by atoms with Gasteiger partial charge in [-0.3, -0.25) is 14.8 Å². The van der Waals surface area contributed by atoms with E-state index in [1.165, 1.54) is 24.3 Å². The van der Waals surface area contributed by atoms with Crippen LogP contribution in [0.4, 0.5) is 8.78 Å². The number of pyridine rings is 1. The van der Waals surface area contributed by atoms with E-state index in [0.29, 0.717) is 31.5 Å². The van der Waals surface area contributed by atoms with Gasteiger partial charge in [-0.05, 0) is 66.5 Å². The number of allylic oxidation sites excluding steroid dienone is 1. The number of rotatable bonds is 9. The molecule has 5 nitrogen and oxygen atoms in total. The number of aliphatic hydroxyl groups is 1. The number of hydrogen-bond donors (Lipinski definition) is 2. The summed E-state index contributed by atoms with van der Waals surface area (Å²) in [5.74, 6) is -1.41. The zero-order chi connectivity index (χ0) is 25.7. The van der Waals surface area contributed by atoms with Crippen LogP contribution in [0, 0.1) is 11.6 Å². The molecule has 1 amide bonds. The first-order valence-corrected chi connectivity index (χ1v) is 12.1. The molecule has 0 spiro atoms. The third kappa shape index (κ3) is 5.41. The molecule has 0 saturated carbocycles. The van der Waals surface area contributed by atoms with Crippen LogP contribution >= 0.6 is 0 Å². The average molecular weight is 490 g/mol. The summed E-state index contributed by atoms with van der Waals surface area (Å²) in [5.41, 5.74) is 1.73. The van der Waals surface area contributed by atoms with E-state index in [0.717, 1.165) is 16.8 Å². The molecule has 0 fully saturated rings. The normalized spacial score (nSPS) is 14.2. The first kappa shape index (κ1) is 25.4.